The highest BCUT2D eigenvalue weighted by atomic mass is 16.3. The number of nitrogens with zero attached hydrogens (tertiary/aromatic N) is 2. The number of hydrogen-bond acceptors (Lipinski definition) is 3. The third-order valence-electron chi connectivity index (χ3n) is 5.32. The van der Waals surface area contributed by atoms with Gasteiger partial charge >= 0.3 is 0 Å². The molecule has 5 heteroatoms. The molecular formula is C24H31N3O2. The predicted octanol–water partition coefficient (Wildman–Crippen LogP) is 4.80. The fourth-order valence-corrected chi connectivity index (χ4v) is 3.42. The maximum absolute atomic E-state index is 13.0. The van der Waals surface area contributed by atoms with Crippen molar-refractivity contribution in [1.29, 1.82) is 0 Å². The predicted molar refractivity (Wildman–Crippen MR) is 117 cm³/mol. The zero-order valence-corrected chi connectivity index (χ0v) is 18.4. The van der Waals surface area contributed by atoms with Crippen LogP contribution in [0.2, 0.25) is 0 Å². The molecule has 29 heavy (non-hydrogen) atoms. The molecule has 0 unspecified atom stereocenters. The van der Waals surface area contributed by atoms with Crippen molar-refractivity contribution in [1.82, 2.24) is 14.9 Å². The number of rotatable bonds is 3. The Morgan fingerprint density at radius 2 is 1.72 bits per heavy atom. The van der Waals surface area contributed by atoms with Crippen LogP contribution in [0.15, 0.2) is 36.4 Å². The molecule has 0 atom stereocenters. The molecule has 5 nitrogen and oxygen atoms in total. The van der Waals surface area contributed by atoms with E-state index in [9.17, 15) is 9.90 Å². The lowest BCUT2D eigenvalue weighted by Crippen LogP contribution is -2.26. The van der Waals surface area contributed by atoms with Crippen LogP contribution in [0.25, 0.3) is 11.0 Å². The fourth-order valence-electron chi connectivity index (χ4n) is 3.42. The fraction of sp³-hybridized carbons (Fsp3) is 0.417. The molecule has 0 saturated carbocycles. The molecule has 0 fully saturated rings. The summed E-state index contributed by atoms with van der Waals surface area (Å²) in [5.74, 6) is 0.515. The first kappa shape index (κ1) is 20.9. The minimum atomic E-state index is -0.300. The van der Waals surface area contributed by atoms with Gasteiger partial charge in [-0.2, -0.15) is 0 Å². The number of phenols is 1. The van der Waals surface area contributed by atoms with Gasteiger partial charge in [0.05, 0.1) is 23.1 Å². The highest BCUT2D eigenvalue weighted by molar-refractivity contribution is 5.97. The number of phenolic OH excluding ortho intramolecular Hbond substituents is 1. The molecule has 2 aromatic carbocycles. The smallest absolute Gasteiger partial charge is 0.255 e. The molecule has 3 rings (SSSR count). The van der Waals surface area contributed by atoms with Crippen molar-refractivity contribution >= 4 is 16.9 Å². The summed E-state index contributed by atoms with van der Waals surface area (Å²) in [7, 11) is 1.94. The Balaban J connectivity index is 1.94. The Hall–Kier alpha value is -2.82. The summed E-state index contributed by atoms with van der Waals surface area (Å²) >= 11 is 0. The first-order valence-corrected chi connectivity index (χ1v) is 9.96. The molecule has 0 saturated heterocycles. The largest absolute Gasteiger partial charge is 0.507 e. The van der Waals surface area contributed by atoms with E-state index in [1.807, 2.05) is 62.7 Å². The zero-order chi connectivity index (χ0) is 21.6. The van der Waals surface area contributed by atoms with Gasteiger partial charge in [0.1, 0.15) is 11.6 Å². The van der Waals surface area contributed by atoms with E-state index in [1.54, 1.807) is 6.07 Å². The summed E-state index contributed by atoms with van der Waals surface area (Å²) in [5, 5.41) is 13.8. The number of aromatic nitrogens is 2. The van der Waals surface area contributed by atoms with Crippen molar-refractivity contribution in [3.05, 3.63) is 58.9 Å². The Morgan fingerprint density at radius 1 is 1.07 bits per heavy atom. The van der Waals surface area contributed by atoms with Crippen molar-refractivity contribution in [2.24, 2.45) is 7.05 Å². The highest BCUT2D eigenvalue weighted by Crippen LogP contribution is 2.37. The molecule has 0 aliphatic heterocycles. The minimum Gasteiger partial charge on any atom is -0.507 e. The second-order valence-electron chi connectivity index (χ2n) is 9.68. The van der Waals surface area contributed by atoms with Gasteiger partial charge in [0, 0.05) is 12.6 Å². The Morgan fingerprint density at radius 3 is 2.31 bits per heavy atom. The molecule has 0 aliphatic rings. The van der Waals surface area contributed by atoms with Gasteiger partial charge < -0.3 is 15.0 Å². The van der Waals surface area contributed by atoms with E-state index < -0.39 is 0 Å². The number of fused-ring (bicyclic) bond motifs is 1. The lowest BCUT2D eigenvalue weighted by Gasteiger charge is -2.27. The Labute approximate surface area is 172 Å². The van der Waals surface area contributed by atoms with E-state index in [-0.39, 0.29) is 29.0 Å². The minimum absolute atomic E-state index is 0.0491. The van der Waals surface area contributed by atoms with Gasteiger partial charge in [0.2, 0.25) is 0 Å². The van der Waals surface area contributed by atoms with Crippen molar-refractivity contribution in [3.8, 4) is 5.75 Å². The topological polar surface area (TPSA) is 67.2 Å². The average Bonchev–Trinajstić information content (AvgIpc) is 2.94. The average molecular weight is 394 g/mol. The van der Waals surface area contributed by atoms with E-state index in [4.69, 9.17) is 0 Å². The van der Waals surface area contributed by atoms with Crippen molar-refractivity contribution in [2.45, 2.75) is 58.9 Å². The maximum atomic E-state index is 13.0. The first-order chi connectivity index (χ1) is 13.4. The third kappa shape index (κ3) is 4.14. The molecule has 1 amide bonds. The van der Waals surface area contributed by atoms with Crippen LogP contribution in [0.5, 0.6) is 5.75 Å². The molecule has 2 N–H and O–H groups in total. The first-order valence-electron chi connectivity index (χ1n) is 9.96. The van der Waals surface area contributed by atoms with Gasteiger partial charge in [-0.15, -0.1) is 0 Å². The van der Waals surface area contributed by atoms with E-state index in [1.165, 1.54) is 0 Å². The number of aryl methyl sites for hydroxylation is 1. The van der Waals surface area contributed by atoms with Crippen LogP contribution in [0.4, 0.5) is 0 Å². The summed E-state index contributed by atoms with van der Waals surface area (Å²) in [6.45, 7) is 12.7. The lowest BCUT2D eigenvalue weighted by atomic mass is 9.79. The quantitative estimate of drug-likeness (QED) is 0.671. The van der Waals surface area contributed by atoms with E-state index in [0.29, 0.717) is 5.56 Å². The molecule has 1 heterocycles. The van der Waals surface area contributed by atoms with Gasteiger partial charge in [0.15, 0.2) is 0 Å². The summed E-state index contributed by atoms with van der Waals surface area (Å²) in [4.78, 5) is 17.6. The Bertz CT molecular complexity index is 1070. The number of benzene rings is 2. The maximum Gasteiger partial charge on any atom is 0.255 e. The number of amides is 1. The second kappa shape index (κ2) is 7.21. The number of hydrogen-bond donors (Lipinski definition) is 2. The van der Waals surface area contributed by atoms with Gasteiger partial charge in [-0.1, -0.05) is 59.7 Å². The van der Waals surface area contributed by atoms with Crippen LogP contribution >= 0.6 is 0 Å². The number of carbonyl (C=O) groups excluding carboxylic acids is 1. The van der Waals surface area contributed by atoms with Crippen molar-refractivity contribution in [3.63, 3.8) is 0 Å². The SMILES string of the molecule is Cn1c(CNC(=O)c2cc(C(C)(C)C)cc(C(C)(C)C)c2O)nc2ccccc21. The summed E-state index contributed by atoms with van der Waals surface area (Å²) in [6.07, 6.45) is 0. The molecule has 1 aromatic heterocycles. The number of imidazole rings is 1. The Kier molecular flexibility index (Phi) is 5.20. The summed E-state index contributed by atoms with van der Waals surface area (Å²) in [6, 6.07) is 11.7. The summed E-state index contributed by atoms with van der Waals surface area (Å²) in [5.41, 5.74) is 3.60. The van der Waals surface area contributed by atoms with Crippen LogP contribution in [0.3, 0.4) is 0 Å². The van der Waals surface area contributed by atoms with Crippen LogP contribution in [-0.2, 0) is 24.4 Å². The van der Waals surface area contributed by atoms with Crippen LogP contribution < -0.4 is 5.32 Å². The highest BCUT2D eigenvalue weighted by Gasteiger charge is 2.27. The lowest BCUT2D eigenvalue weighted by molar-refractivity contribution is 0.0946. The molecule has 0 radical (unpaired) electrons. The van der Waals surface area contributed by atoms with E-state index in [0.717, 1.165) is 28.0 Å². The van der Waals surface area contributed by atoms with E-state index >= 15 is 0 Å². The normalized spacial score (nSPS) is 12.4. The second-order valence-corrected chi connectivity index (χ2v) is 9.68. The number of aromatic hydroxyl groups is 1. The van der Waals surface area contributed by atoms with E-state index in [2.05, 4.69) is 31.1 Å². The molecule has 0 bridgehead atoms. The van der Waals surface area contributed by atoms with Crippen LogP contribution in [0, 0.1) is 0 Å². The molecule has 3 aromatic rings. The number of nitrogens with one attached hydrogen (secondary N) is 1. The third-order valence-corrected chi connectivity index (χ3v) is 5.32. The standard InChI is InChI=1S/C24H31N3O2/c1-23(2,3)15-12-16(21(28)17(13-15)24(4,5)6)22(29)25-14-20-26-18-10-8-9-11-19(18)27(20)7/h8-13,28H,14H2,1-7H3,(H,25,29). The van der Waals surface area contributed by atoms with Gasteiger partial charge in [0.25, 0.3) is 5.91 Å². The van der Waals surface area contributed by atoms with Crippen LogP contribution in [-0.4, -0.2) is 20.6 Å². The van der Waals surface area contributed by atoms with Gasteiger partial charge in [-0.05, 0) is 34.6 Å². The van der Waals surface area contributed by atoms with Crippen LogP contribution in [0.1, 0.15) is 68.9 Å². The molecule has 0 aliphatic carbocycles. The molecule has 154 valence electrons. The summed E-state index contributed by atoms with van der Waals surface area (Å²) < 4.78 is 1.97. The molecular weight excluding hydrogens is 362 g/mol. The van der Waals surface area contributed by atoms with Crippen molar-refractivity contribution < 1.29 is 9.90 Å². The zero-order valence-electron chi connectivity index (χ0n) is 18.4. The van der Waals surface area contributed by atoms with Crippen molar-refractivity contribution in [2.75, 3.05) is 0 Å². The number of para-hydroxylation sites is 2. The van der Waals surface area contributed by atoms with Gasteiger partial charge in [-0.3, -0.25) is 4.79 Å². The van der Waals surface area contributed by atoms with Gasteiger partial charge in [-0.25, -0.2) is 4.98 Å². The molecule has 0 spiro atoms. The monoisotopic (exact) mass is 393 g/mol. The number of carbonyl (C=O) groups is 1.